The normalized spacial score (nSPS) is 15.8. The number of rotatable bonds is 4. The smallest absolute Gasteiger partial charge is 0.152 e. The molecule has 0 saturated carbocycles. The highest BCUT2D eigenvalue weighted by molar-refractivity contribution is 9.10. The van der Waals surface area contributed by atoms with E-state index in [2.05, 4.69) is 15.9 Å². The van der Waals surface area contributed by atoms with E-state index in [1.807, 2.05) is 31.2 Å². The van der Waals surface area contributed by atoms with E-state index in [1.54, 1.807) is 0 Å². The third kappa shape index (κ3) is 3.30. The molecule has 0 fully saturated rings. The lowest BCUT2D eigenvalue weighted by Crippen LogP contribution is -2.32. The fourth-order valence-corrected chi connectivity index (χ4v) is 3.28. The average Bonchev–Trinajstić information content (AvgIpc) is 2.17. The zero-order valence-corrected chi connectivity index (χ0v) is 11.8. The van der Waals surface area contributed by atoms with Crippen molar-refractivity contribution >= 4 is 25.8 Å². The number of hydrogen-bond acceptors (Lipinski definition) is 3. The Balaban J connectivity index is 3.00. The topological polar surface area (TPSA) is 60.2 Å². The predicted octanol–water partition coefficient (Wildman–Crippen LogP) is 2.27. The van der Waals surface area contributed by atoms with Crippen molar-refractivity contribution < 1.29 is 8.42 Å². The second kappa shape index (κ2) is 5.29. The van der Waals surface area contributed by atoms with E-state index in [9.17, 15) is 8.42 Å². The predicted molar refractivity (Wildman–Crippen MR) is 70.0 cm³/mol. The number of hydrogen-bond donors (Lipinski definition) is 1. The molecule has 2 atom stereocenters. The first kappa shape index (κ1) is 13.7. The third-order valence-corrected chi connectivity index (χ3v) is 4.86. The Labute approximate surface area is 105 Å². The molecule has 0 bridgehead atoms. The number of halogens is 1. The van der Waals surface area contributed by atoms with Gasteiger partial charge in [-0.15, -0.1) is 0 Å². The van der Waals surface area contributed by atoms with E-state index in [4.69, 9.17) is 5.73 Å². The van der Waals surface area contributed by atoms with Gasteiger partial charge in [0.05, 0.1) is 5.25 Å². The summed E-state index contributed by atoms with van der Waals surface area (Å²) in [5.74, 6) is 0. The maximum Gasteiger partial charge on any atom is 0.152 e. The van der Waals surface area contributed by atoms with Gasteiger partial charge in [0.1, 0.15) is 0 Å². The molecule has 0 aliphatic heterocycles. The number of nitrogens with two attached hydrogens (primary N) is 1. The summed E-state index contributed by atoms with van der Waals surface area (Å²) in [6, 6.07) is 6.97. The Hall–Kier alpha value is -0.390. The van der Waals surface area contributed by atoms with Gasteiger partial charge in [-0.1, -0.05) is 35.0 Å². The zero-order valence-electron chi connectivity index (χ0n) is 9.35. The Morgan fingerprint density at radius 3 is 2.19 bits per heavy atom. The summed E-state index contributed by atoms with van der Waals surface area (Å²) in [4.78, 5) is 0. The fraction of sp³-hybridized carbons (Fsp3) is 0.455. The van der Waals surface area contributed by atoms with Crippen LogP contribution in [0.2, 0.25) is 0 Å². The summed E-state index contributed by atoms with van der Waals surface area (Å²) in [5, 5.41) is -0.520. The highest BCUT2D eigenvalue weighted by atomic mass is 79.9. The lowest BCUT2D eigenvalue weighted by Gasteiger charge is -2.21. The standard InChI is InChI=1S/C11H16BrNO2S/c1-3-10(16(2,14)15)11(13)8-4-6-9(12)7-5-8/h4-7,10-11H,3,13H2,1-2H3/t10-,11+/m0/s1. The van der Waals surface area contributed by atoms with Crippen LogP contribution < -0.4 is 5.73 Å². The quantitative estimate of drug-likeness (QED) is 0.928. The van der Waals surface area contributed by atoms with Gasteiger partial charge in [0, 0.05) is 16.8 Å². The summed E-state index contributed by atoms with van der Waals surface area (Å²) in [6.07, 6.45) is 1.76. The highest BCUT2D eigenvalue weighted by Crippen LogP contribution is 2.23. The molecule has 90 valence electrons. The Kier molecular flexibility index (Phi) is 4.52. The van der Waals surface area contributed by atoms with Gasteiger partial charge >= 0.3 is 0 Å². The van der Waals surface area contributed by atoms with Crippen LogP contribution >= 0.6 is 15.9 Å². The minimum atomic E-state index is -3.11. The molecule has 2 N–H and O–H groups in total. The summed E-state index contributed by atoms with van der Waals surface area (Å²) in [7, 11) is -3.11. The molecule has 0 radical (unpaired) electrons. The van der Waals surface area contributed by atoms with Gasteiger partial charge in [-0.3, -0.25) is 0 Å². The molecule has 1 rings (SSSR count). The van der Waals surface area contributed by atoms with Crippen LogP contribution in [0.1, 0.15) is 24.9 Å². The minimum absolute atomic E-state index is 0.465. The molecule has 0 spiro atoms. The maximum atomic E-state index is 11.6. The molecule has 5 heteroatoms. The monoisotopic (exact) mass is 305 g/mol. The van der Waals surface area contributed by atoms with Crippen LogP contribution in [-0.2, 0) is 9.84 Å². The molecule has 0 saturated heterocycles. The van der Waals surface area contributed by atoms with E-state index in [0.29, 0.717) is 6.42 Å². The zero-order chi connectivity index (χ0) is 12.3. The van der Waals surface area contributed by atoms with Crippen molar-refractivity contribution in [3.05, 3.63) is 34.3 Å². The first-order valence-corrected chi connectivity index (χ1v) is 7.81. The molecule has 0 aromatic heterocycles. The van der Waals surface area contributed by atoms with Crippen LogP contribution in [0.25, 0.3) is 0 Å². The lowest BCUT2D eigenvalue weighted by molar-refractivity contribution is 0.553. The minimum Gasteiger partial charge on any atom is -0.323 e. The third-order valence-electron chi connectivity index (χ3n) is 2.61. The van der Waals surface area contributed by atoms with Crippen LogP contribution in [0.4, 0.5) is 0 Å². The van der Waals surface area contributed by atoms with Crippen LogP contribution in [0.5, 0.6) is 0 Å². The van der Waals surface area contributed by atoms with E-state index < -0.39 is 21.1 Å². The van der Waals surface area contributed by atoms with Crippen LogP contribution in [0, 0.1) is 0 Å². The summed E-state index contributed by atoms with van der Waals surface area (Å²) < 4.78 is 24.1. The van der Waals surface area contributed by atoms with Crippen molar-refractivity contribution in [1.29, 1.82) is 0 Å². The molecule has 3 nitrogen and oxygen atoms in total. The lowest BCUT2D eigenvalue weighted by atomic mass is 10.0. The number of benzene rings is 1. The Morgan fingerprint density at radius 2 is 1.81 bits per heavy atom. The summed E-state index contributed by atoms with van der Waals surface area (Å²) in [6.45, 7) is 1.84. The summed E-state index contributed by atoms with van der Waals surface area (Å²) >= 11 is 3.33. The number of sulfone groups is 1. The molecule has 0 heterocycles. The van der Waals surface area contributed by atoms with E-state index >= 15 is 0 Å². The van der Waals surface area contributed by atoms with Crippen molar-refractivity contribution in [1.82, 2.24) is 0 Å². The van der Waals surface area contributed by atoms with Gasteiger partial charge in [-0.25, -0.2) is 8.42 Å². The second-order valence-electron chi connectivity index (χ2n) is 3.85. The highest BCUT2D eigenvalue weighted by Gasteiger charge is 2.26. The maximum absolute atomic E-state index is 11.6. The Morgan fingerprint density at radius 1 is 1.31 bits per heavy atom. The van der Waals surface area contributed by atoms with Crippen molar-refractivity contribution in [3.63, 3.8) is 0 Å². The van der Waals surface area contributed by atoms with Gasteiger partial charge in [-0.05, 0) is 24.1 Å². The van der Waals surface area contributed by atoms with Crippen molar-refractivity contribution in [2.24, 2.45) is 5.73 Å². The van der Waals surface area contributed by atoms with Gasteiger partial charge < -0.3 is 5.73 Å². The van der Waals surface area contributed by atoms with Crippen LogP contribution in [0.3, 0.4) is 0 Å². The largest absolute Gasteiger partial charge is 0.323 e. The SMILES string of the molecule is CC[C@@H]([C@H](N)c1ccc(Br)cc1)S(C)(=O)=O. The van der Waals surface area contributed by atoms with Gasteiger partial charge in [0.25, 0.3) is 0 Å². The van der Waals surface area contributed by atoms with Crippen LogP contribution in [-0.4, -0.2) is 19.9 Å². The fourth-order valence-electron chi connectivity index (χ4n) is 1.72. The van der Waals surface area contributed by atoms with Crippen LogP contribution in [0.15, 0.2) is 28.7 Å². The molecular formula is C11H16BrNO2S. The molecule has 0 unspecified atom stereocenters. The van der Waals surface area contributed by atoms with Gasteiger partial charge in [-0.2, -0.15) is 0 Å². The van der Waals surface area contributed by atoms with Crippen molar-refractivity contribution in [3.8, 4) is 0 Å². The molecule has 0 aliphatic rings. The van der Waals surface area contributed by atoms with E-state index in [1.165, 1.54) is 6.26 Å². The van der Waals surface area contributed by atoms with Crippen molar-refractivity contribution in [2.75, 3.05) is 6.26 Å². The molecule has 1 aromatic rings. The van der Waals surface area contributed by atoms with Crippen molar-refractivity contribution in [2.45, 2.75) is 24.6 Å². The second-order valence-corrected chi connectivity index (χ2v) is 7.03. The first-order chi connectivity index (χ1) is 7.36. The van der Waals surface area contributed by atoms with E-state index in [0.717, 1.165) is 10.0 Å². The molecule has 0 aliphatic carbocycles. The average molecular weight is 306 g/mol. The molecule has 0 amide bonds. The van der Waals surface area contributed by atoms with Gasteiger partial charge in [0.2, 0.25) is 0 Å². The molecule has 16 heavy (non-hydrogen) atoms. The van der Waals surface area contributed by atoms with E-state index in [-0.39, 0.29) is 0 Å². The molecular weight excluding hydrogens is 290 g/mol. The Bertz CT molecular complexity index is 442. The molecule has 1 aromatic carbocycles. The first-order valence-electron chi connectivity index (χ1n) is 5.06. The van der Waals surface area contributed by atoms with Gasteiger partial charge in [0.15, 0.2) is 9.84 Å². The summed E-state index contributed by atoms with van der Waals surface area (Å²) in [5.41, 5.74) is 6.84.